The number of hydrogen-bond acceptors (Lipinski definition) is 5. The molecule has 2 heterocycles. The number of ether oxygens (including phenoxy) is 2. The Balaban J connectivity index is 1.51. The Labute approximate surface area is 148 Å². The number of carbonyl (C=O) groups excluding carboxylic acids is 1. The maximum atomic E-state index is 12.4. The fourth-order valence-electron chi connectivity index (χ4n) is 2.68. The van der Waals surface area contributed by atoms with Crippen molar-refractivity contribution >= 4 is 28.6 Å². The van der Waals surface area contributed by atoms with E-state index in [1.807, 2.05) is 0 Å². The SMILES string of the molecule is O=C(/C=C/c1coc2ccccc2c1=O)Nc1ccc2c(c1)OCCO2. The monoisotopic (exact) mass is 349 g/mol. The highest BCUT2D eigenvalue weighted by atomic mass is 16.6. The molecule has 26 heavy (non-hydrogen) atoms. The van der Waals surface area contributed by atoms with Gasteiger partial charge >= 0.3 is 0 Å². The Morgan fingerprint density at radius 2 is 1.85 bits per heavy atom. The molecule has 3 aromatic rings. The van der Waals surface area contributed by atoms with Crippen molar-refractivity contribution in [1.29, 1.82) is 0 Å². The highest BCUT2D eigenvalue weighted by Crippen LogP contribution is 2.32. The van der Waals surface area contributed by atoms with Crippen LogP contribution in [0.25, 0.3) is 17.0 Å². The average Bonchev–Trinajstić information content (AvgIpc) is 2.67. The van der Waals surface area contributed by atoms with Gasteiger partial charge in [0.25, 0.3) is 0 Å². The quantitative estimate of drug-likeness (QED) is 0.735. The summed E-state index contributed by atoms with van der Waals surface area (Å²) in [7, 11) is 0. The molecule has 0 bridgehead atoms. The second-order valence-electron chi connectivity index (χ2n) is 5.70. The fourth-order valence-corrected chi connectivity index (χ4v) is 2.68. The van der Waals surface area contributed by atoms with Crippen LogP contribution >= 0.6 is 0 Å². The summed E-state index contributed by atoms with van der Waals surface area (Å²) >= 11 is 0. The summed E-state index contributed by atoms with van der Waals surface area (Å²) in [4.78, 5) is 24.5. The Morgan fingerprint density at radius 3 is 2.73 bits per heavy atom. The van der Waals surface area contributed by atoms with Crippen molar-refractivity contribution in [1.82, 2.24) is 0 Å². The third-order valence-electron chi connectivity index (χ3n) is 3.93. The Hall–Kier alpha value is -3.54. The average molecular weight is 349 g/mol. The van der Waals surface area contributed by atoms with Crippen molar-refractivity contribution in [3.05, 3.63) is 70.6 Å². The lowest BCUT2D eigenvalue weighted by Crippen LogP contribution is -2.16. The van der Waals surface area contributed by atoms with Crippen molar-refractivity contribution in [2.45, 2.75) is 0 Å². The van der Waals surface area contributed by atoms with Gasteiger partial charge in [0.2, 0.25) is 5.91 Å². The van der Waals surface area contributed by atoms with Crippen molar-refractivity contribution < 1.29 is 18.7 Å². The topological polar surface area (TPSA) is 77.8 Å². The van der Waals surface area contributed by atoms with Gasteiger partial charge in [-0.3, -0.25) is 9.59 Å². The number of fused-ring (bicyclic) bond motifs is 2. The van der Waals surface area contributed by atoms with Gasteiger partial charge in [0.1, 0.15) is 25.1 Å². The van der Waals surface area contributed by atoms with Gasteiger partial charge in [-0.25, -0.2) is 0 Å². The number of anilines is 1. The van der Waals surface area contributed by atoms with E-state index in [2.05, 4.69) is 5.32 Å². The molecular weight excluding hydrogens is 334 g/mol. The third-order valence-corrected chi connectivity index (χ3v) is 3.93. The van der Waals surface area contributed by atoms with Crippen molar-refractivity contribution in [2.75, 3.05) is 18.5 Å². The van der Waals surface area contributed by atoms with Crippen LogP contribution in [0.2, 0.25) is 0 Å². The number of para-hydroxylation sites is 1. The van der Waals surface area contributed by atoms with Gasteiger partial charge in [-0.2, -0.15) is 0 Å². The van der Waals surface area contributed by atoms with Crippen LogP contribution in [-0.4, -0.2) is 19.1 Å². The minimum Gasteiger partial charge on any atom is -0.486 e. The zero-order valence-corrected chi connectivity index (χ0v) is 13.7. The second kappa shape index (κ2) is 6.76. The van der Waals surface area contributed by atoms with Gasteiger partial charge in [-0.05, 0) is 30.3 Å². The molecule has 1 aromatic heterocycles. The van der Waals surface area contributed by atoms with E-state index in [0.717, 1.165) is 0 Å². The van der Waals surface area contributed by atoms with Crippen LogP contribution in [0.3, 0.4) is 0 Å². The first-order chi connectivity index (χ1) is 12.7. The van der Waals surface area contributed by atoms with E-state index >= 15 is 0 Å². The lowest BCUT2D eigenvalue weighted by molar-refractivity contribution is -0.111. The van der Waals surface area contributed by atoms with Crippen LogP contribution in [0.1, 0.15) is 5.56 Å². The molecule has 6 heteroatoms. The molecule has 6 nitrogen and oxygen atoms in total. The normalized spacial score (nSPS) is 13.1. The van der Waals surface area contributed by atoms with E-state index in [4.69, 9.17) is 13.9 Å². The number of nitrogens with one attached hydrogen (secondary N) is 1. The standard InChI is InChI=1S/C20H15NO5/c22-19(21-14-6-7-17-18(11-14)25-10-9-24-17)8-5-13-12-26-16-4-2-1-3-15(16)20(13)23/h1-8,11-12H,9-10H2,(H,21,22)/b8-5+. The van der Waals surface area contributed by atoms with E-state index in [0.29, 0.717) is 46.9 Å². The Morgan fingerprint density at radius 1 is 1.04 bits per heavy atom. The molecule has 1 aliphatic heterocycles. The van der Waals surface area contributed by atoms with Crippen molar-refractivity contribution in [2.24, 2.45) is 0 Å². The van der Waals surface area contributed by atoms with Crippen LogP contribution < -0.4 is 20.2 Å². The summed E-state index contributed by atoms with van der Waals surface area (Å²) in [6.07, 6.45) is 4.07. The molecule has 0 unspecified atom stereocenters. The molecule has 1 N–H and O–H groups in total. The Kier molecular flexibility index (Phi) is 4.15. The van der Waals surface area contributed by atoms with E-state index < -0.39 is 0 Å². The molecule has 1 amide bonds. The summed E-state index contributed by atoms with van der Waals surface area (Å²) in [6, 6.07) is 12.1. The smallest absolute Gasteiger partial charge is 0.248 e. The van der Waals surface area contributed by atoms with E-state index in [1.165, 1.54) is 18.4 Å². The summed E-state index contributed by atoms with van der Waals surface area (Å²) in [6.45, 7) is 0.984. The Bertz CT molecular complexity index is 1070. The molecule has 2 aromatic carbocycles. The van der Waals surface area contributed by atoms with Crippen LogP contribution in [0, 0.1) is 0 Å². The van der Waals surface area contributed by atoms with Crippen LogP contribution in [0.15, 0.2) is 64.0 Å². The number of amides is 1. The number of benzene rings is 2. The molecule has 0 atom stereocenters. The predicted molar refractivity (Wildman–Crippen MR) is 97.6 cm³/mol. The van der Waals surface area contributed by atoms with Gasteiger partial charge in [0.15, 0.2) is 16.9 Å². The molecule has 4 rings (SSSR count). The van der Waals surface area contributed by atoms with Gasteiger partial charge in [0, 0.05) is 17.8 Å². The van der Waals surface area contributed by atoms with Crippen LogP contribution in [0.5, 0.6) is 11.5 Å². The van der Waals surface area contributed by atoms with Gasteiger partial charge in [0.05, 0.1) is 10.9 Å². The highest BCUT2D eigenvalue weighted by Gasteiger charge is 2.12. The molecule has 0 saturated carbocycles. The zero-order chi connectivity index (χ0) is 17.9. The molecule has 130 valence electrons. The molecule has 0 fully saturated rings. The maximum Gasteiger partial charge on any atom is 0.248 e. The highest BCUT2D eigenvalue weighted by molar-refractivity contribution is 6.02. The molecule has 0 radical (unpaired) electrons. The maximum absolute atomic E-state index is 12.4. The van der Waals surface area contributed by atoms with Gasteiger partial charge in [-0.1, -0.05) is 12.1 Å². The lowest BCUT2D eigenvalue weighted by atomic mass is 10.1. The summed E-state index contributed by atoms with van der Waals surface area (Å²) in [5.41, 5.74) is 1.21. The summed E-state index contributed by atoms with van der Waals surface area (Å²) in [5, 5.41) is 3.20. The second-order valence-corrected chi connectivity index (χ2v) is 5.70. The predicted octanol–water partition coefficient (Wildman–Crippen LogP) is 3.22. The molecule has 1 aliphatic rings. The first-order valence-corrected chi connectivity index (χ1v) is 8.10. The number of rotatable bonds is 3. The zero-order valence-electron chi connectivity index (χ0n) is 13.7. The largest absolute Gasteiger partial charge is 0.486 e. The van der Waals surface area contributed by atoms with Crippen LogP contribution in [-0.2, 0) is 4.79 Å². The van der Waals surface area contributed by atoms with E-state index in [-0.39, 0.29) is 11.3 Å². The van der Waals surface area contributed by atoms with Crippen molar-refractivity contribution in [3.63, 3.8) is 0 Å². The summed E-state index contributed by atoms with van der Waals surface area (Å²) in [5.74, 6) is 0.876. The molecule has 0 saturated heterocycles. The van der Waals surface area contributed by atoms with E-state index in [1.54, 1.807) is 42.5 Å². The minimum absolute atomic E-state index is 0.185. The van der Waals surface area contributed by atoms with E-state index in [9.17, 15) is 9.59 Å². The first kappa shape index (κ1) is 16.0. The van der Waals surface area contributed by atoms with Crippen LogP contribution in [0.4, 0.5) is 5.69 Å². The van der Waals surface area contributed by atoms with Gasteiger partial charge < -0.3 is 19.2 Å². The molecule has 0 spiro atoms. The third kappa shape index (κ3) is 3.17. The number of carbonyl (C=O) groups is 1. The van der Waals surface area contributed by atoms with Crippen molar-refractivity contribution in [3.8, 4) is 11.5 Å². The first-order valence-electron chi connectivity index (χ1n) is 8.10. The van der Waals surface area contributed by atoms with Gasteiger partial charge in [-0.15, -0.1) is 0 Å². The summed E-state index contributed by atoms with van der Waals surface area (Å²) < 4.78 is 16.3. The number of hydrogen-bond donors (Lipinski definition) is 1. The lowest BCUT2D eigenvalue weighted by Gasteiger charge is -2.18. The molecule has 0 aliphatic carbocycles. The molecular formula is C20H15NO5. The fraction of sp³-hybridized carbons (Fsp3) is 0.100. The minimum atomic E-state index is -0.366.